The van der Waals surface area contributed by atoms with E-state index in [1.807, 2.05) is 0 Å². The minimum absolute atomic E-state index is 0.00287. The fourth-order valence-corrected chi connectivity index (χ4v) is 3.84. The fraction of sp³-hybridized carbons (Fsp3) is 0.562. The van der Waals surface area contributed by atoms with Crippen molar-refractivity contribution in [1.29, 1.82) is 0 Å². The third kappa shape index (κ3) is 4.53. The first-order valence-corrected chi connectivity index (χ1v) is 8.74. The Morgan fingerprint density at radius 2 is 2.14 bits per heavy atom. The van der Waals surface area contributed by atoms with Gasteiger partial charge in [0.2, 0.25) is 5.91 Å². The van der Waals surface area contributed by atoms with Crippen LogP contribution in [0.1, 0.15) is 32.6 Å². The van der Waals surface area contributed by atoms with Crippen molar-refractivity contribution in [2.45, 2.75) is 38.6 Å². The highest BCUT2D eigenvalue weighted by Gasteiger charge is 2.22. The number of ether oxygens (including phenoxy) is 1. The molecule has 1 aromatic rings. The zero-order chi connectivity index (χ0) is 16.1. The lowest BCUT2D eigenvalue weighted by Crippen LogP contribution is -2.43. The second-order valence-corrected chi connectivity index (χ2v) is 7.05. The van der Waals surface area contributed by atoms with Crippen LogP contribution in [0.4, 0.5) is 5.69 Å². The number of halogens is 2. The topological polar surface area (TPSA) is 50.4 Å². The lowest BCUT2D eigenvalue weighted by molar-refractivity contribution is -0.120. The van der Waals surface area contributed by atoms with Crippen LogP contribution in [-0.2, 0) is 4.79 Å². The minimum atomic E-state index is -0.00287. The normalized spacial score (nSPS) is 21.3. The van der Waals surface area contributed by atoms with Crippen molar-refractivity contribution >= 4 is 39.1 Å². The Kier molecular flexibility index (Phi) is 6.38. The van der Waals surface area contributed by atoms with Gasteiger partial charge in [0.1, 0.15) is 0 Å². The largest absolute Gasteiger partial charge is 0.493 e. The van der Waals surface area contributed by atoms with Crippen LogP contribution in [0.25, 0.3) is 0 Å². The van der Waals surface area contributed by atoms with E-state index in [-0.39, 0.29) is 18.5 Å². The van der Waals surface area contributed by atoms with Crippen LogP contribution >= 0.6 is 27.5 Å². The summed E-state index contributed by atoms with van der Waals surface area (Å²) in [5.41, 5.74) is 0.703. The molecule has 6 heteroatoms. The predicted molar refractivity (Wildman–Crippen MR) is 93.8 cm³/mol. The SMILES string of the molecule is COc1c(Br)cc(Cl)cc1NCC(=O)N[C@@H]1CCCC[C@H]1C. The number of hydrogen-bond donors (Lipinski definition) is 2. The maximum Gasteiger partial charge on any atom is 0.239 e. The standard InChI is InChI=1S/C16H22BrClN2O2/c1-10-5-3-4-6-13(10)20-15(21)9-19-14-8-11(18)7-12(17)16(14)22-2/h7-8,10,13,19H,3-6,9H2,1-2H3,(H,20,21)/t10-,13-/m1/s1. The Hall–Kier alpha value is -0.940. The lowest BCUT2D eigenvalue weighted by Gasteiger charge is -2.29. The van der Waals surface area contributed by atoms with Crippen molar-refractivity contribution in [3.05, 3.63) is 21.6 Å². The van der Waals surface area contributed by atoms with Gasteiger partial charge in [-0.05, 0) is 46.8 Å². The molecule has 1 aliphatic carbocycles. The van der Waals surface area contributed by atoms with Gasteiger partial charge < -0.3 is 15.4 Å². The third-order valence-electron chi connectivity index (χ3n) is 4.11. The number of nitrogens with one attached hydrogen (secondary N) is 2. The summed E-state index contributed by atoms with van der Waals surface area (Å²) in [5, 5.41) is 6.80. The van der Waals surface area contributed by atoms with Crippen LogP contribution in [0.15, 0.2) is 16.6 Å². The molecule has 122 valence electrons. The number of amides is 1. The Morgan fingerprint density at radius 1 is 1.41 bits per heavy atom. The fourth-order valence-electron chi connectivity index (χ4n) is 2.86. The molecule has 0 saturated heterocycles. The van der Waals surface area contributed by atoms with Crippen LogP contribution in [-0.4, -0.2) is 25.6 Å². The predicted octanol–water partition coefficient (Wildman–Crippen LogP) is 4.22. The Balaban J connectivity index is 1.93. The molecule has 0 bridgehead atoms. The summed E-state index contributed by atoms with van der Waals surface area (Å²) < 4.78 is 6.09. The molecule has 1 saturated carbocycles. The van der Waals surface area contributed by atoms with E-state index in [2.05, 4.69) is 33.5 Å². The average molecular weight is 390 g/mol. The maximum absolute atomic E-state index is 12.1. The van der Waals surface area contributed by atoms with E-state index in [1.165, 1.54) is 19.3 Å². The van der Waals surface area contributed by atoms with Crippen molar-refractivity contribution < 1.29 is 9.53 Å². The molecule has 22 heavy (non-hydrogen) atoms. The van der Waals surface area contributed by atoms with Gasteiger partial charge in [-0.15, -0.1) is 0 Å². The van der Waals surface area contributed by atoms with Crippen molar-refractivity contribution in [3.8, 4) is 5.75 Å². The van der Waals surface area contributed by atoms with E-state index in [4.69, 9.17) is 16.3 Å². The molecular formula is C16H22BrClN2O2. The van der Waals surface area contributed by atoms with E-state index in [0.29, 0.717) is 22.4 Å². The average Bonchev–Trinajstić information content (AvgIpc) is 2.47. The monoisotopic (exact) mass is 388 g/mol. The molecule has 0 aromatic heterocycles. The number of carbonyl (C=O) groups excluding carboxylic acids is 1. The first-order valence-electron chi connectivity index (χ1n) is 7.57. The zero-order valence-corrected chi connectivity index (χ0v) is 15.3. The highest BCUT2D eigenvalue weighted by Crippen LogP contribution is 2.36. The highest BCUT2D eigenvalue weighted by atomic mass is 79.9. The molecule has 1 aliphatic rings. The summed E-state index contributed by atoms with van der Waals surface area (Å²) in [6, 6.07) is 3.80. The molecule has 2 rings (SSSR count). The number of rotatable bonds is 5. The second-order valence-electron chi connectivity index (χ2n) is 5.76. The zero-order valence-electron chi connectivity index (χ0n) is 12.9. The summed E-state index contributed by atoms with van der Waals surface area (Å²) in [4.78, 5) is 12.1. The summed E-state index contributed by atoms with van der Waals surface area (Å²) >= 11 is 9.45. The summed E-state index contributed by atoms with van der Waals surface area (Å²) in [5.74, 6) is 1.19. The van der Waals surface area contributed by atoms with Gasteiger partial charge in [0.25, 0.3) is 0 Å². The first-order chi connectivity index (χ1) is 10.5. The Bertz CT molecular complexity index is 539. The molecular weight excluding hydrogens is 368 g/mol. The molecule has 1 amide bonds. The van der Waals surface area contributed by atoms with Crippen molar-refractivity contribution in [3.63, 3.8) is 0 Å². The molecule has 0 aliphatic heterocycles. The molecule has 2 N–H and O–H groups in total. The van der Waals surface area contributed by atoms with Crippen molar-refractivity contribution in [2.24, 2.45) is 5.92 Å². The van der Waals surface area contributed by atoms with Crippen LogP contribution in [0.2, 0.25) is 5.02 Å². The number of benzene rings is 1. The van der Waals surface area contributed by atoms with Gasteiger partial charge in [-0.25, -0.2) is 0 Å². The number of hydrogen-bond acceptors (Lipinski definition) is 3. The van der Waals surface area contributed by atoms with Crippen LogP contribution in [0.5, 0.6) is 5.75 Å². The molecule has 1 aromatic carbocycles. The van der Waals surface area contributed by atoms with E-state index < -0.39 is 0 Å². The Labute approximate surface area is 145 Å². The second kappa shape index (κ2) is 8.06. The first kappa shape index (κ1) is 17.4. The van der Waals surface area contributed by atoms with Crippen molar-refractivity contribution in [2.75, 3.05) is 19.0 Å². The van der Waals surface area contributed by atoms with Gasteiger partial charge in [-0.3, -0.25) is 4.79 Å². The number of methoxy groups -OCH3 is 1. The highest BCUT2D eigenvalue weighted by molar-refractivity contribution is 9.10. The number of carbonyl (C=O) groups is 1. The van der Waals surface area contributed by atoms with E-state index in [0.717, 1.165) is 10.9 Å². The molecule has 4 nitrogen and oxygen atoms in total. The molecule has 1 fully saturated rings. The molecule has 0 spiro atoms. The van der Waals surface area contributed by atoms with Gasteiger partial charge in [0.15, 0.2) is 5.75 Å². The quantitative estimate of drug-likeness (QED) is 0.793. The van der Waals surface area contributed by atoms with Gasteiger partial charge in [0, 0.05) is 11.1 Å². The van der Waals surface area contributed by atoms with Crippen molar-refractivity contribution in [1.82, 2.24) is 5.32 Å². The van der Waals surface area contributed by atoms with Gasteiger partial charge in [-0.1, -0.05) is 31.4 Å². The lowest BCUT2D eigenvalue weighted by atomic mass is 9.86. The molecule has 0 heterocycles. The van der Waals surface area contributed by atoms with Crippen LogP contribution in [0, 0.1) is 5.92 Å². The van der Waals surface area contributed by atoms with E-state index in [9.17, 15) is 4.79 Å². The molecule has 0 radical (unpaired) electrons. The van der Waals surface area contributed by atoms with E-state index >= 15 is 0 Å². The van der Waals surface area contributed by atoms with E-state index in [1.54, 1.807) is 19.2 Å². The van der Waals surface area contributed by atoms with Gasteiger partial charge >= 0.3 is 0 Å². The summed E-state index contributed by atoms with van der Waals surface area (Å²) in [6.07, 6.45) is 4.71. The smallest absolute Gasteiger partial charge is 0.239 e. The van der Waals surface area contributed by atoms with Crippen LogP contribution in [0.3, 0.4) is 0 Å². The van der Waals surface area contributed by atoms with Gasteiger partial charge in [0.05, 0.1) is 23.8 Å². The molecule has 0 unspecified atom stereocenters. The minimum Gasteiger partial charge on any atom is -0.493 e. The Morgan fingerprint density at radius 3 is 2.82 bits per heavy atom. The summed E-state index contributed by atoms with van der Waals surface area (Å²) in [7, 11) is 1.59. The van der Waals surface area contributed by atoms with Gasteiger partial charge in [-0.2, -0.15) is 0 Å². The van der Waals surface area contributed by atoms with Crippen LogP contribution < -0.4 is 15.4 Å². The third-order valence-corrected chi connectivity index (χ3v) is 4.92. The maximum atomic E-state index is 12.1. The molecule has 2 atom stereocenters. The number of anilines is 1. The summed E-state index contributed by atoms with van der Waals surface area (Å²) in [6.45, 7) is 2.40.